The largest absolute Gasteiger partial charge is 0.521 e. The molecule has 0 bridgehead atoms. The number of carbonyl (C=O) groups is 1. The van der Waals surface area contributed by atoms with Gasteiger partial charge in [-0.15, -0.1) is 0 Å². The summed E-state index contributed by atoms with van der Waals surface area (Å²) in [4.78, 5) is 24.7. The highest BCUT2D eigenvalue weighted by Gasteiger charge is 2.13. The minimum absolute atomic E-state index is 0.248. The Morgan fingerprint density at radius 1 is 1.15 bits per heavy atom. The molecule has 3 aromatic rings. The lowest BCUT2D eigenvalue weighted by atomic mass is 10.1. The molecular formula is C18H15FN4O3. The first kappa shape index (κ1) is 17.3. The van der Waals surface area contributed by atoms with Gasteiger partial charge in [0, 0.05) is 14.1 Å². The summed E-state index contributed by atoms with van der Waals surface area (Å²) >= 11 is 0. The first-order valence-electron chi connectivity index (χ1n) is 7.63. The summed E-state index contributed by atoms with van der Waals surface area (Å²) in [6, 6.07) is 12.4. The Bertz CT molecular complexity index is 976. The highest BCUT2D eigenvalue weighted by molar-refractivity contribution is 5.84. The highest BCUT2D eigenvalue weighted by Crippen LogP contribution is 2.21. The van der Waals surface area contributed by atoms with Crippen molar-refractivity contribution >= 4 is 29.1 Å². The SMILES string of the molecule is CN(C)/C=N/c1nc(OC(=O)Oc2ccc3ccccc3c2)ncc1F. The summed E-state index contributed by atoms with van der Waals surface area (Å²) in [6.07, 6.45) is 1.20. The molecule has 0 amide bonds. The zero-order chi connectivity index (χ0) is 18.5. The van der Waals surface area contributed by atoms with E-state index in [2.05, 4.69) is 15.0 Å². The lowest BCUT2D eigenvalue weighted by Crippen LogP contribution is -2.15. The fraction of sp³-hybridized carbons (Fsp3) is 0.111. The molecule has 0 aliphatic rings. The average Bonchev–Trinajstić information content (AvgIpc) is 2.62. The van der Waals surface area contributed by atoms with Crippen LogP contribution >= 0.6 is 0 Å². The van der Waals surface area contributed by atoms with Crippen molar-refractivity contribution in [1.29, 1.82) is 0 Å². The molecule has 0 aliphatic carbocycles. The van der Waals surface area contributed by atoms with Crippen molar-refractivity contribution in [2.75, 3.05) is 14.1 Å². The van der Waals surface area contributed by atoms with Gasteiger partial charge in [0.2, 0.25) is 0 Å². The molecule has 8 heteroatoms. The van der Waals surface area contributed by atoms with Crippen LogP contribution in [0, 0.1) is 5.82 Å². The number of carbonyl (C=O) groups excluding carboxylic acids is 1. The molecule has 2 aromatic carbocycles. The Morgan fingerprint density at radius 2 is 1.92 bits per heavy atom. The van der Waals surface area contributed by atoms with Crippen LogP contribution < -0.4 is 9.47 Å². The Morgan fingerprint density at radius 3 is 2.69 bits per heavy atom. The summed E-state index contributed by atoms with van der Waals surface area (Å²) in [6.45, 7) is 0. The topological polar surface area (TPSA) is 76.9 Å². The van der Waals surface area contributed by atoms with E-state index in [1.54, 1.807) is 31.1 Å². The number of benzene rings is 2. The predicted octanol–water partition coefficient (Wildman–Crippen LogP) is 3.57. The second-order valence-corrected chi connectivity index (χ2v) is 5.50. The van der Waals surface area contributed by atoms with E-state index in [9.17, 15) is 9.18 Å². The van der Waals surface area contributed by atoms with Crippen LogP contribution in [-0.2, 0) is 0 Å². The highest BCUT2D eigenvalue weighted by atomic mass is 19.1. The smallest absolute Gasteiger partial charge is 0.395 e. The molecule has 0 saturated heterocycles. The molecule has 0 atom stereocenters. The molecule has 1 heterocycles. The van der Waals surface area contributed by atoms with Gasteiger partial charge in [0.05, 0.1) is 12.5 Å². The van der Waals surface area contributed by atoms with Crippen LogP contribution in [0.25, 0.3) is 10.8 Å². The predicted molar refractivity (Wildman–Crippen MR) is 94.4 cm³/mol. The van der Waals surface area contributed by atoms with Crippen LogP contribution in [0.4, 0.5) is 15.0 Å². The zero-order valence-electron chi connectivity index (χ0n) is 14.1. The number of hydrogen-bond acceptors (Lipinski definition) is 6. The Labute approximate surface area is 148 Å². The summed E-state index contributed by atoms with van der Waals surface area (Å²) in [5.41, 5.74) is 0. The van der Waals surface area contributed by atoms with Gasteiger partial charge in [-0.1, -0.05) is 30.3 Å². The van der Waals surface area contributed by atoms with Crippen LogP contribution in [0.1, 0.15) is 0 Å². The molecule has 0 unspecified atom stereocenters. The third-order valence-electron chi connectivity index (χ3n) is 3.21. The first-order chi connectivity index (χ1) is 12.5. The number of nitrogens with zero attached hydrogens (tertiary/aromatic N) is 4. The molecular weight excluding hydrogens is 339 g/mol. The molecule has 132 valence electrons. The Balaban J connectivity index is 1.71. The number of rotatable bonds is 4. The Hall–Kier alpha value is -3.55. The van der Waals surface area contributed by atoms with Gasteiger partial charge in [-0.3, -0.25) is 0 Å². The van der Waals surface area contributed by atoms with E-state index in [1.807, 2.05) is 30.3 Å². The number of aliphatic imine (C=N–C) groups is 1. The molecule has 3 rings (SSSR count). The quantitative estimate of drug-likeness (QED) is 0.308. The third-order valence-corrected chi connectivity index (χ3v) is 3.21. The maximum absolute atomic E-state index is 13.6. The normalized spacial score (nSPS) is 10.9. The lowest BCUT2D eigenvalue weighted by molar-refractivity contribution is 0.148. The Kier molecular flexibility index (Phi) is 5.02. The van der Waals surface area contributed by atoms with E-state index < -0.39 is 12.0 Å². The number of fused-ring (bicyclic) bond motifs is 1. The van der Waals surface area contributed by atoms with Crippen molar-refractivity contribution in [1.82, 2.24) is 14.9 Å². The minimum atomic E-state index is -1.03. The fourth-order valence-corrected chi connectivity index (χ4v) is 2.07. The van der Waals surface area contributed by atoms with E-state index in [0.29, 0.717) is 5.75 Å². The maximum Gasteiger partial charge on any atom is 0.521 e. The fourth-order valence-electron chi connectivity index (χ4n) is 2.07. The summed E-state index contributed by atoms with van der Waals surface area (Å²) < 4.78 is 23.6. The van der Waals surface area contributed by atoms with Gasteiger partial charge in [0.15, 0.2) is 11.6 Å². The van der Waals surface area contributed by atoms with Gasteiger partial charge in [-0.2, -0.15) is 4.98 Å². The number of ether oxygens (including phenoxy) is 2. The molecule has 0 radical (unpaired) electrons. The van der Waals surface area contributed by atoms with E-state index in [-0.39, 0.29) is 11.8 Å². The van der Waals surface area contributed by atoms with E-state index >= 15 is 0 Å². The number of halogens is 1. The summed E-state index contributed by atoms with van der Waals surface area (Å²) in [5, 5.41) is 1.93. The maximum atomic E-state index is 13.6. The molecule has 7 nitrogen and oxygen atoms in total. The van der Waals surface area contributed by atoms with E-state index in [1.165, 1.54) is 6.34 Å². The van der Waals surface area contributed by atoms with Crippen LogP contribution in [0.2, 0.25) is 0 Å². The lowest BCUT2D eigenvalue weighted by Gasteiger charge is -2.06. The molecule has 26 heavy (non-hydrogen) atoms. The number of aromatic nitrogens is 2. The third kappa shape index (κ3) is 4.29. The summed E-state index contributed by atoms with van der Waals surface area (Å²) in [7, 11) is 3.45. The molecule has 0 fully saturated rings. The molecule has 0 aliphatic heterocycles. The van der Waals surface area contributed by atoms with Crippen LogP contribution in [0.3, 0.4) is 0 Å². The van der Waals surface area contributed by atoms with Crippen molar-refractivity contribution in [3.63, 3.8) is 0 Å². The minimum Gasteiger partial charge on any atom is -0.395 e. The summed E-state index contributed by atoms with van der Waals surface area (Å²) in [5.74, 6) is -0.679. The van der Waals surface area contributed by atoms with Crippen molar-refractivity contribution in [2.24, 2.45) is 4.99 Å². The van der Waals surface area contributed by atoms with Crippen molar-refractivity contribution in [3.05, 3.63) is 54.5 Å². The first-order valence-corrected chi connectivity index (χ1v) is 7.63. The van der Waals surface area contributed by atoms with Crippen LogP contribution in [0.5, 0.6) is 11.8 Å². The van der Waals surface area contributed by atoms with Crippen molar-refractivity contribution < 1.29 is 18.7 Å². The van der Waals surface area contributed by atoms with Gasteiger partial charge in [0.25, 0.3) is 0 Å². The molecule has 1 aromatic heterocycles. The number of hydrogen-bond donors (Lipinski definition) is 0. The van der Waals surface area contributed by atoms with Gasteiger partial charge in [0.1, 0.15) is 5.75 Å². The standard InChI is InChI=1S/C18H15FN4O3/c1-23(2)11-21-16-15(19)10-20-17(22-16)26-18(24)25-14-8-7-12-5-3-4-6-13(12)9-14/h3-11H,1-2H3/b21-11+. The average molecular weight is 354 g/mol. The molecule has 0 saturated carbocycles. The molecule has 0 N–H and O–H groups in total. The molecule has 0 spiro atoms. The second-order valence-electron chi connectivity index (χ2n) is 5.50. The van der Waals surface area contributed by atoms with Gasteiger partial charge >= 0.3 is 12.2 Å². The van der Waals surface area contributed by atoms with Crippen LogP contribution in [-0.4, -0.2) is 41.5 Å². The van der Waals surface area contributed by atoms with Gasteiger partial charge in [-0.25, -0.2) is 19.2 Å². The van der Waals surface area contributed by atoms with Gasteiger partial charge < -0.3 is 14.4 Å². The second kappa shape index (κ2) is 7.56. The van der Waals surface area contributed by atoms with Crippen LogP contribution in [0.15, 0.2) is 53.7 Å². The van der Waals surface area contributed by atoms with E-state index in [0.717, 1.165) is 17.0 Å². The van der Waals surface area contributed by atoms with Crippen molar-refractivity contribution in [3.8, 4) is 11.8 Å². The van der Waals surface area contributed by atoms with E-state index in [4.69, 9.17) is 9.47 Å². The van der Waals surface area contributed by atoms with Gasteiger partial charge in [-0.05, 0) is 22.9 Å². The van der Waals surface area contributed by atoms with Crippen molar-refractivity contribution in [2.45, 2.75) is 0 Å². The zero-order valence-corrected chi connectivity index (χ0v) is 14.1. The monoisotopic (exact) mass is 354 g/mol.